The minimum Gasteiger partial charge on any atom is -0.495 e. The lowest BCUT2D eigenvalue weighted by Gasteiger charge is -2.23. The molecule has 0 spiro atoms. The van der Waals surface area contributed by atoms with Gasteiger partial charge in [-0.1, -0.05) is 19.1 Å². The van der Waals surface area contributed by atoms with Crippen LogP contribution in [0.3, 0.4) is 0 Å². The first-order valence-electron chi connectivity index (χ1n) is 5.75. The lowest BCUT2D eigenvalue weighted by atomic mass is 10.2. The Morgan fingerprint density at radius 2 is 2.00 bits per heavy atom. The molecule has 18 heavy (non-hydrogen) atoms. The van der Waals surface area contributed by atoms with Crippen molar-refractivity contribution in [1.82, 2.24) is 0 Å². The second kappa shape index (κ2) is 6.64. The zero-order valence-corrected chi connectivity index (χ0v) is 10.5. The molecule has 1 N–H and O–H groups in total. The molecule has 98 valence electrons. The van der Waals surface area contributed by atoms with Crippen molar-refractivity contribution in [2.75, 3.05) is 18.6 Å². The standard InChI is InChI=1S/C13H17NO4/c1-3-12(15)14(9-8-13(16)17)10-6-4-5-7-11(10)18-2/h4-7H,3,8-9H2,1-2H3,(H,16,17). The van der Waals surface area contributed by atoms with Gasteiger partial charge in [0.15, 0.2) is 0 Å². The molecule has 5 heteroatoms. The average molecular weight is 251 g/mol. The SMILES string of the molecule is CCC(=O)N(CCC(=O)O)c1ccccc1OC. The van der Waals surface area contributed by atoms with Crippen molar-refractivity contribution in [2.45, 2.75) is 19.8 Å². The van der Waals surface area contributed by atoms with E-state index in [1.807, 2.05) is 0 Å². The number of aliphatic carboxylic acids is 1. The smallest absolute Gasteiger partial charge is 0.305 e. The summed E-state index contributed by atoms with van der Waals surface area (Å²) in [5, 5.41) is 8.72. The molecule has 0 unspecified atom stereocenters. The van der Waals surface area contributed by atoms with Crippen LogP contribution in [-0.4, -0.2) is 30.6 Å². The van der Waals surface area contributed by atoms with Crippen LogP contribution in [0.1, 0.15) is 19.8 Å². The van der Waals surface area contributed by atoms with Gasteiger partial charge in [0.25, 0.3) is 0 Å². The fourth-order valence-electron chi connectivity index (χ4n) is 1.63. The molecule has 1 rings (SSSR count). The number of carboxylic acids is 1. The van der Waals surface area contributed by atoms with Gasteiger partial charge in [0, 0.05) is 13.0 Å². The maximum absolute atomic E-state index is 11.9. The number of carboxylic acid groups (broad SMARTS) is 1. The lowest BCUT2D eigenvalue weighted by Crippen LogP contribution is -2.32. The van der Waals surface area contributed by atoms with Crippen LogP contribution in [0.25, 0.3) is 0 Å². The highest BCUT2D eigenvalue weighted by molar-refractivity contribution is 5.95. The van der Waals surface area contributed by atoms with Gasteiger partial charge < -0.3 is 14.7 Å². The van der Waals surface area contributed by atoms with Crippen LogP contribution < -0.4 is 9.64 Å². The Balaban J connectivity index is 3.01. The summed E-state index contributed by atoms with van der Waals surface area (Å²) in [5.41, 5.74) is 0.605. The number of amides is 1. The number of carbonyl (C=O) groups excluding carboxylic acids is 1. The molecule has 0 atom stereocenters. The Morgan fingerprint density at radius 3 is 2.56 bits per heavy atom. The summed E-state index contributed by atoms with van der Waals surface area (Å²) in [6.45, 7) is 1.88. The molecule has 5 nitrogen and oxygen atoms in total. The van der Waals surface area contributed by atoms with Gasteiger partial charge >= 0.3 is 5.97 Å². The third-order valence-electron chi connectivity index (χ3n) is 2.53. The highest BCUT2D eigenvalue weighted by atomic mass is 16.5. The molecule has 0 radical (unpaired) electrons. The maximum atomic E-state index is 11.9. The molecule has 0 heterocycles. The molecule has 0 saturated heterocycles. The van der Waals surface area contributed by atoms with E-state index in [1.54, 1.807) is 31.2 Å². The summed E-state index contributed by atoms with van der Waals surface area (Å²) in [6.07, 6.45) is 0.224. The predicted octanol–water partition coefficient (Wildman–Crippen LogP) is 1.91. The molecule has 0 aliphatic heterocycles. The largest absolute Gasteiger partial charge is 0.495 e. The molecule has 1 aromatic carbocycles. The van der Waals surface area contributed by atoms with E-state index < -0.39 is 5.97 Å². The Hall–Kier alpha value is -2.04. The van der Waals surface area contributed by atoms with Gasteiger partial charge in [-0.25, -0.2) is 0 Å². The van der Waals surface area contributed by atoms with E-state index in [9.17, 15) is 9.59 Å². The van der Waals surface area contributed by atoms with Crippen molar-refractivity contribution in [3.05, 3.63) is 24.3 Å². The molecular formula is C13H17NO4. The number of ether oxygens (including phenoxy) is 1. The number of benzene rings is 1. The van der Waals surface area contributed by atoms with E-state index in [2.05, 4.69) is 0 Å². The van der Waals surface area contributed by atoms with Crippen LogP contribution in [-0.2, 0) is 9.59 Å². The van der Waals surface area contributed by atoms with E-state index in [0.717, 1.165) is 0 Å². The number of anilines is 1. The van der Waals surface area contributed by atoms with Gasteiger partial charge in [-0.15, -0.1) is 0 Å². The number of para-hydroxylation sites is 2. The molecule has 0 aliphatic carbocycles. The summed E-state index contributed by atoms with van der Waals surface area (Å²) in [6, 6.07) is 7.07. The first kappa shape index (κ1) is 14.0. The van der Waals surface area contributed by atoms with Gasteiger partial charge in [0.05, 0.1) is 19.2 Å². The average Bonchev–Trinajstić information content (AvgIpc) is 2.38. The van der Waals surface area contributed by atoms with Crippen molar-refractivity contribution in [3.63, 3.8) is 0 Å². The molecule has 0 bridgehead atoms. The third kappa shape index (κ3) is 3.48. The second-order valence-electron chi connectivity index (χ2n) is 3.71. The van der Waals surface area contributed by atoms with E-state index in [0.29, 0.717) is 17.9 Å². The predicted molar refractivity (Wildman–Crippen MR) is 67.9 cm³/mol. The minimum absolute atomic E-state index is 0.0935. The van der Waals surface area contributed by atoms with Crippen molar-refractivity contribution in [1.29, 1.82) is 0 Å². The van der Waals surface area contributed by atoms with E-state index in [4.69, 9.17) is 9.84 Å². The van der Waals surface area contributed by atoms with E-state index in [-0.39, 0.29) is 18.9 Å². The summed E-state index contributed by atoms with van der Waals surface area (Å²) >= 11 is 0. The van der Waals surface area contributed by atoms with E-state index >= 15 is 0 Å². The van der Waals surface area contributed by atoms with Gasteiger partial charge in [0.2, 0.25) is 5.91 Å². The first-order valence-corrected chi connectivity index (χ1v) is 5.75. The van der Waals surface area contributed by atoms with Gasteiger partial charge in [-0.05, 0) is 12.1 Å². The summed E-state index contributed by atoms with van der Waals surface area (Å²) < 4.78 is 5.19. The highest BCUT2D eigenvalue weighted by Crippen LogP contribution is 2.28. The molecule has 0 saturated carbocycles. The van der Waals surface area contributed by atoms with Crippen LogP contribution in [0.2, 0.25) is 0 Å². The Kier molecular flexibility index (Phi) is 5.17. The summed E-state index contributed by atoms with van der Waals surface area (Å²) in [4.78, 5) is 24.0. The zero-order chi connectivity index (χ0) is 13.5. The Morgan fingerprint density at radius 1 is 1.33 bits per heavy atom. The lowest BCUT2D eigenvalue weighted by molar-refractivity contribution is -0.136. The van der Waals surface area contributed by atoms with Gasteiger partial charge in [-0.3, -0.25) is 9.59 Å². The molecule has 0 fully saturated rings. The number of carbonyl (C=O) groups is 2. The van der Waals surface area contributed by atoms with Gasteiger partial charge in [0.1, 0.15) is 5.75 Å². The van der Waals surface area contributed by atoms with Crippen molar-refractivity contribution < 1.29 is 19.4 Å². The fourth-order valence-corrected chi connectivity index (χ4v) is 1.63. The topological polar surface area (TPSA) is 66.8 Å². The number of nitrogens with zero attached hydrogens (tertiary/aromatic N) is 1. The number of hydrogen-bond donors (Lipinski definition) is 1. The summed E-state index contributed by atoms with van der Waals surface area (Å²) in [7, 11) is 1.52. The maximum Gasteiger partial charge on any atom is 0.305 e. The fraction of sp³-hybridized carbons (Fsp3) is 0.385. The van der Waals surface area contributed by atoms with Crippen LogP contribution in [0.4, 0.5) is 5.69 Å². The molecular weight excluding hydrogens is 234 g/mol. The Labute approximate surface area is 106 Å². The molecule has 1 amide bonds. The molecule has 1 aromatic rings. The minimum atomic E-state index is -0.932. The number of methoxy groups -OCH3 is 1. The van der Waals surface area contributed by atoms with Crippen molar-refractivity contribution in [2.24, 2.45) is 0 Å². The number of rotatable bonds is 6. The summed E-state index contributed by atoms with van der Waals surface area (Å²) in [5.74, 6) is -0.496. The molecule has 0 aliphatic rings. The molecule has 0 aromatic heterocycles. The Bertz CT molecular complexity index is 431. The van der Waals surface area contributed by atoms with Crippen LogP contribution in [0.5, 0.6) is 5.75 Å². The second-order valence-corrected chi connectivity index (χ2v) is 3.71. The normalized spacial score (nSPS) is 9.89. The highest BCUT2D eigenvalue weighted by Gasteiger charge is 2.18. The van der Waals surface area contributed by atoms with Crippen LogP contribution in [0.15, 0.2) is 24.3 Å². The third-order valence-corrected chi connectivity index (χ3v) is 2.53. The monoisotopic (exact) mass is 251 g/mol. The van der Waals surface area contributed by atoms with Crippen molar-refractivity contribution >= 4 is 17.6 Å². The van der Waals surface area contributed by atoms with Gasteiger partial charge in [-0.2, -0.15) is 0 Å². The quantitative estimate of drug-likeness (QED) is 0.838. The zero-order valence-electron chi connectivity index (χ0n) is 10.5. The van der Waals surface area contributed by atoms with Crippen LogP contribution in [0, 0.1) is 0 Å². The number of hydrogen-bond acceptors (Lipinski definition) is 3. The van der Waals surface area contributed by atoms with E-state index in [1.165, 1.54) is 12.0 Å². The van der Waals surface area contributed by atoms with Crippen LogP contribution >= 0.6 is 0 Å². The first-order chi connectivity index (χ1) is 8.60. The van der Waals surface area contributed by atoms with Crippen molar-refractivity contribution in [3.8, 4) is 5.75 Å².